The van der Waals surface area contributed by atoms with E-state index < -0.39 is 5.97 Å². The van der Waals surface area contributed by atoms with Crippen molar-refractivity contribution in [2.75, 3.05) is 34.0 Å². The quantitative estimate of drug-likeness (QED) is 0.621. The summed E-state index contributed by atoms with van der Waals surface area (Å²) in [7, 11) is 3.09. The van der Waals surface area contributed by atoms with Crippen LogP contribution in [0.25, 0.3) is 0 Å². The SMILES string of the molecule is COCCOc1ccc(C(=O)NCCc2ccc(C(=O)O)cc2OC)cc1. The number of hydrogen-bond acceptors (Lipinski definition) is 5. The lowest BCUT2D eigenvalue weighted by molar-refractivity contribution is 0.0696. The Hall–Kier alpha value is -3.06. The fraction of sp³-hybridized carbons (Fsp3) is 0.300. The Bertz CT molecular complexity index is 773. The number of benzene rings is 2. The molecule has 0 aromatic heterocycles. The number of carboxylic acids is 1. The van der Waals surface area contributed by atoms with Gasteiger partial charge in [-0.05, 0) is 48.4 Å². The van der Waals surface area contributed by atoms with Crippen LogP contribution in [0.4, 0.5) is 0 Å². The lowest BCUT2D eigenvalue weighted by atomic mass is 10.1. The van der Waals surface area contributed by atoms with Crippen molar-refractivity contribution in [3.8, 4) is 11.5 Å². The summed E-state index contributed by atoms with van der Waals surface area (Å²) >= 11 is 0. The first-order chi connectivity index (χ1) is 13.0. The number of nitrogens with one attached hydrogen (secondary N) is 1. The van der Waals surface area contributed by atoms with Crippen LogP contribution in [0.1, 0.15) is 26.3 Å². The first-order valence-electron chi connectivity index (χ1n) is 8.45. The second-order valence-electron chi connectivity index (χ2n) is 5.70. The third-order valence-electron chi connectivity index (χ3n) is 3.89. The number of amides is 1. The fourth-order valence-corrected chi connectivity index (χ4v) is 2.44. The van der Waals surface area contributed by atoms with Crippen molar-refractivity contribution in [2.24, 2.45) is 0 Å². The zero-order valence-electron chi connectivity index (χ0n) is 15.4. The maximum atomic E-state index is 12.2. The van der Waals surface area contributed by atoms with Crippen LogP contribution in [0.2, 0.25) is 0 Å². The van der Waals surface area contributed by atoms with Gasteiger partial charge in [-0.3, -0.25) is 4.79 Å². The Morgan fingerprint density at radius 2 is 1.70 bits per heavy atom. The average molecular weight is 373 g/mol. The molecule has 0 aliphatic rings. The number of carbonyl (C=O) groups excluding carboxylic acids is 1. The Morgan fingerprint density at radius 3 is 2.33 bits per heavy atom. The largest absolute Gasteiger partial charge is 0.496 e. The van der Waals surface area contributed by atoms with Crippen molar-refractivity contribution in [1.29, 1.82) is 0 Å². The Balaban J connectivity index is 1.88. The highest BCUT2D eigenvalue weighted by molar-refractivity contribution is 5.94. The van der Waals surface area contributed by atoms with Crippen LogP contribution in [0, 0.1) is 0 Å². The monoisotopic (exact) mass is 373 g/mol. The van der Waals surface area contributed by atoms with E-state index in [0.717, 1.165) is 5.56 Å². The van der Waals surface area contributed by atoms with Gasteiger partial charge in [0, 0.05) is 19.2 Å². The molecule has 2 aromatic rings. The molecule has 0 atom stereocenters. The summed E-state index contributed by atoms with van der Waals surface area (Å²) in [6.07, 6.45) is 0.521. The highest BCUT2D eigenvalue weighted by Gasteiger charge is 2.10. The standard InChI is InChI=1S/C20H23NO6/c1-25-11-12-27-17-7-5-15(6-8-17)19(22)21-10-9-14-3-4-16(20(23)24)13-18(14)26-2/h3-8,13H,9-12H2,1-2H3,(H,21,22)(H,23,24). The van der Waals surface area contributed by atoms with E-state index >= 15 is 0 Å². The number of rotatable bonds is 10. The maximum Gasteiger partial charge on any atom is 0.335 e. The molecule has 0 aliphatic carbocycles. The number of ether oxygens (including phenoxy) is 3. The molecule has 0 saturated heterocycles. The van der Waals surface area contributed by atoms with Gasteiger partial charge in [-0.2, -0.15) is 0 Å². The molecule has 27 heavy (non-hydrogen) atoms. The van der Waals surface area contributed by atoms with E-state index in [1.807, 2.05) is 0 Å². The van der Waals surface area contributed by atoms with Gasteiger partial charge in [-0.25, -0.2) is 4.79 Å². The molecule has 2 rings (SSSR count). The maximum absolute atomic E-state index is 12.2. The Morgan fingerprint density at radius 1 is 1.00 bits per heavy atom. The zero-order chi connectivity index (χ0) is 19.6. The van der Waals surface area contributed by atoms with E-state index in [4.69, 9.17) is 19.3 Å². The van der Waals surface area contributed by atoms with Crippen LogP contribution < -0.4 is 14.8 Å². The Kier molecular flexibility index (Phi) is 7.63. The third kappa shape index (κ3) is 6.00. The molecule has 7 nitrogen and oxygen atoms in total. The van der Waals surface area contributed by atoms with E-state index in [1.165, 1.54) is 19.2 Å². The molecular formula is C20H23NO6. The summed E-state index contributed by atoms with van der Waals surface area (Å²) in [4.78, 5) is 23.2. The Labute approximate surface area is 157 Å². The molecule has 0 heterocycles. The second-order valence-corrected chi connectivity index (χ2v) is 5.70. The third-order valence-corrected chi connectivity index (χ3v) is 3.89. The molecule has 7 heteroatoms. The number of hydrogen-bond donors (Lipinski definition) is 2. The molecule has 0 bridgehead atoms. The first-order valence-corrected chi connectivity index (χ1v) is 8.45. The van der Waals surface area contributed by atoms with Crippen molar-refractivity contribution in [3.63, 3.8) is 0 Å². The van der Waals surface area contributed by atoms with Gasteiger partial charge in [0.05, 0.1) is 19.3 Å². The van der Waals surface area contributed by atoms with Gasteiger partial charge in [0.15, 0.2) is 0 Å². The van der Waals surface area contributed by atoms with Crippen molar-refractivity contribution in [3.05, 3.63) is 59.2 Å². The zero-order valence-corrected chi connectivity index (χ0v) is 15.4. The minimum Gasteiger partial charge on any atom is -0.496 e. The fourth-order valence-electron chi connectivity index (χ4n) is 2.44. The summed E-state index contributed by atoms with van der Waals surface area (Å²) < 4.78 is 15.6. The van der Waals surface area contributed by atoms with E-state index in [1.54, 1.807) is 37.4 Å². The highest BCUT2D eigenvalue weighted by atomic mass is 16.5. The predicted octanol–water partition coefficient (Wildman–Crippen LogP) is 2.39. The predicted molar refractivity (Wildman–Crippen MR) is 99.8 cm³/mol. The minimum atomic E-state index is -1.01. The van der Waals surface area contributed by atoms with Crippen LogP contribution in [0.3, 0.4) is 0 Å². The average Bonchev–Trinajstić information content (AvgIpc) is 2.68. The van der Waals surface area contributed by atoms with E-state index in [0.29, 0.717) is 43.2 Å². The summed E-state index contributed by atoms with van der Waals surface area (Å²) in [5, 5.41) is 11.9. The first kappa shape index (κ1) is 20.3. The molecule has 1 amide bonds. The molecule has 2 aromatic carbocycles. The summed E-state index contributed by atoms with van der Waals surface area (Å²) in [5.41, 5.74) is 1.51. The van der Waals surface area contributed by atoms with Crippen molar-refractivity contribution in [2.45, 2.75) is 6.42 Å². The normalized spacial score (nSPS) is 10.3. The minimum absolute atomic E-state index is 0.160. The lowest BCUT2D eigenvalue weighted by Crippen LogP contribution is -2.25. The number of carbonyl (C=O) groups is 2. The number of aromatic carboxylic acids is 1. The van der Waals surface area contributed by atoms with Gasteiger partial charge >= 0.3 is 5.97 Å². The second kappa shape index (κ2) is 10.2. The molecule has 0 saturated carbocycles. The van der Waals surface area contributed by atoms with Crippen molar-refractivity contribution >= 4 is 11.9 Å². The molecule has 0 unspecified atom stereocenters. The molecule has 0 spiro atoms. The van der Waals surface area contributed by atoms with Crippen LogP contribution in [-0.4, -0.2) is 51.0 Å². The van der Waals surface area contributed by atoms with Crippen LogP contribution in [-0.2, 0) is 11.2 Å². The molecule has 0 radical (unpaired) electrons. The highest BCUT2D eigenvalue weighted by Crippen LogP contribution is 2.20. The van der Waals surface area contributed by atoms with Crippen LogP contribution in [0.5, 0.6) is 11.5 Å². The van der Waals surface area contributed by atoms with Crippen LogP contribution in [0.15, 0.2) is 42.5 Å². The van der Waals surface area contributed by atoms with E-state index in [-0.39, 0.29) is 11.5 Å². The molecular weight excluding hydrogens is 350 g/mol. The van der Waals surface area contributed by atoms with Crippen molar-refractivity contribution < 1.29 is 28.9 Å². The molecule has 0 aliphatic heterocycles. The topological polar surface area (TPSA) is 94.1 Å². The lowest BCUT2D eigenvalue weighted by Gasteiger charge is -2.11. The van der Waals surface area contributed by atoms with Crippen LogP contribution >= 0.6 is 0 Å². The van der Waals surface area contributed by atoms with Gasteiger partial charge < -0.3 is 24.6 Å². The summed E-state index contributed by atoms with van der Waals surface area (Å²) in [6.45, 7) is 1.34. The molecule has 0 fully saturated rings. The smallest absolute Gasteiger partial charge is 0.335 e. The molecule has 2 N–H and O–H groups in total. The van der Waals surface area contributed by atoms with Gasteiger partial charge in [0.25, 0.3) is 5.91 Å². The van der Waals surface area contributed by atoms with E-state index in [2.05, 4.69) is 5.32 Å². The van der Waals surface area contributed by atoms with Gasteiger partial charge in [0.1, 0.15) is 18.1 Å². The van der Waals surface area contributed by atoms with Crippen molar-refractivity contribution in [1.82, 2.24) is 5.32 Å². The number of carboxylic acid groups (broad SMARTS) is 1. The number of methoxy groups -OCH3 is 2. The summed E-state index contributed by atoms with van der Waals surface area (Å²) in [5.74, 6) is -0.0454. The summed E-state index contributed by atoms with van der Waals surface area (Å²) in [6, 6.07) is 11.5. The van der Waals surface area contributed by atoms with Gasteiger partial charge in [-0.15, -0.1) is 0 Å². The van der Waals surface area contributed by atoms with E-state index in [9.17, 15) is 9.59 Å². The van der Waals surface area contributed by atoms with Gasteiger partial charge in [-0.1, -0.05) is 6.07 Å². The van der Waals surface area contributed by atoms with Gasteiger partial charge in [0.2, 0.25) is 0 Å². The molecule has 144 valence electrons.